The van der Waals surface area contributed by atoms with Gasteiger partial charge in [-0.3, -0.25) is 0 Å². The molecule has 5 heteroatoms. The molecule has 0 aromatic rings. The van der Waals surface area contributed by atoms with Crippen LogP contribution in [-0.4, -0.2) is 18.0 Å². The number of amides is 1. The summed E-state index contributed by atoms with van der Waals surface area (Å²) in [6, 6.07) is 0. The summed E-state index contributed by atoms with van der Waals surface area (Å²) in [7, 11) is 0. The van der Waals surface area contributed by atoms with E-state index in [1.807, 2.05) is 0 Å². The average molecular weight is 212 g/mol. The molecule has 58 valence electrons. The van der Waals surface area contributed by atoms with Crippen molar-refractivity contribution < 1.29 is 13.9 Å². The molecule has 0 radical (unpaired) electrons. The first-order valence-corrected chi connectivity index (χ1v) is 3.61. The summed E-state index contributed by atoms with van der Waals surface area (Å²) in [4.78, 5) is 9.91. The van der Waals surface area contributed by atoms with Gasteiger partial charge in [-0.05, 0) is 6.08 Å². The van der Waals surface area contributed by atoms with E-state index in [0.717, 1.165) is 6.08 Å². The highest BCUT2D eigenvalue weighted by atomic mass is 79.9. The monoisotopic (exact) mass is 211 g/mol. The molecule has 0 aliphatic heterocycles. The summed E-state index contributed by atoms with van der Waals surface area (Å²) in [5.41, 5.74) is 4.60. The largest absolute Gasteiger partial charge is 0.445 e. The summed E-state index contributed by atoms with van der Waals surface area (Å²) in [5.74, 6) is -0.388. The molecule has 0 spiro atoms. The second kappa shape index (κ2) is 5.22. The molecule has 0 atom stereocenters. The lowest BCUT2D eigenvalue weighted by Crippen LogP contribution is -2.12. The molecular formula is C5H7BrFNO2. The van der Waals surface area contributed by atoms with Crippen molar-refractivity contribution in [1.82, 2.24) is 0 Å². The number of primary amides is 1. The van der Waals surface area contributed by atoms with Crippen LogP contribution in [0.25, 0.3) is 0 Å². The van der Waals surface area contributed by atoms with Crippen LogP contribution in [0.5, 0.6) is 0 Å². The summed E-state index contributed by atoms with van der Waals surface area (Å²) in [6.45, 7) is -0.118. The van der Waals surface area contributed by atoms with Crippen LogP contribution in [0.4, 0.5) is 9.18 Å². The predicted molar refractivity (Wildman–Crippen MR) is 38.5 cm³/mol. The van der Waals surface area contributed by atoms with Crippen LogP contribution in [0.2, 0.25) is 0 Å². The second-order valence-corrected chi connectivity index (χ2v) is 1.98. The Morgan fingerprint density at radius 1 is 1.80 bits per heavy atom. The Morgan fingerprint density at radius 3 is 2.80 bits per heavy atom. The van der Waals surface area contributed by atoms with Crippen LogP contribution in [0.3, 0.4) is 0 Å². The number of halogens is 2. The van der Waals surface area contributed by atoms with Crippen molar-refractivity contribution in [2.75, 3.05) is 11.9 Å². The summed E-state index contributed by atoms with van der Waals surface area (Å²) < 4.78 is 16.4. The molecule has 10 heavy (non-hydrogen) atoms. The van der Waals surface area contributed by atoms with E-state index in [4.69, 9.17) is 0 Å². The lowest BCUT2D eigenvalue weighted by Gasteiger charge is -1.94. The molecule has 0 rings (SSSR count). The van der Waals surface area contributed by atoms with Crippen LogP contribution in [0.15, 0.2) is 11.9 Å². The predicted octanol–water partition coefficient (Wildman–Crippen LogP) is 1.33. The van der Waals surface area contributed by atoms with Gasteiger partial charge in [-0.25, -0.2) is 9.18 Å². The first-order valence-electron chi connectivity index (χ1n) is 2.49. The topological polar surface area (TPSA) is 52.3 Å². The van der Waals surface area contributed by atoms with E-state index in [1.165, 1.54) is 0 Å². The molecular weight excluding hydrogens is 205 g/mol. The Bertz CT molecular complexity index is 149. The minimum absolute atomic E-state index is 0.118. The van der Waals surface area contributed by atoms with Crippen molar-refractivity contribution in [3.05, 3.63) is 11.9 Å². The maximum absolute atomic E-state index is 12.2. The number of hydrogen-bond donors (Lipinski definition) is 1. The number of allylic oxidation sites excluding steroid dienone is 1. The lowest BCUT2D eigenvalue weighted by molar-refractivity contribution is 0.169. The molecule has 0 heterocycles. The van der Waals surface area contributed by atoms with Crippen molar-refractivity contribution in [1.29, 1.82) is 0 Å². The molecule has 0 fully saturated rings. The first kappa shape index (κ1) is 9.42. The number of ether oxygens (including phenoxy) is 1. The fourth-order valence-electron chi connectivity index (χ4n) is 0.269. The van der Waals surface area contributed by atoms with Crippen molar-refractivity contribution in [3.8, 4) is 0 Å². The van der Waals surface area contributed by atoms with Gasteiger partial charge in [-0.15, -0.1) is 0 Å². The average Bonchev–Trinajstić information content (AvgIpc) is 1.87. The zero-order chi connectivity index (χ0) is 7.98. The van der Waals surface area contributed by atoms with E-state index >= 15 is 0 Å². The number of carbonyl (C=O) groups is 1. The summed E-state index contributed by atoms with van der Waals surface area (Å²) in [6.07, 6.45) is 0.220. The molecule has 0 aromatic carbocycles. The Morgan fingerprint density at radius 2 is 2.40 bits per heavy atom. The molecule has 0 aromatic heterocycles. The lowest BCUT2D eigenvalue weighted by atomic mass is 10.5. The van der Waals surface area contributed by atoms with E-state index in [-0.39, 0.29) is 17.8 Å². The van der Waals surface area contributed by atoms with E-state index < -0.39 is 6.09 Å². The van der Waals surface area contributed by atoms with Crippen molar-refractivity contribution in [2.45, 2.75) is 0 Å². The van der Waals surface area contributed by atoms with Gasteiger partial charge in [0.05, 0.1) is 5.33 Å². The normalized spacial score (nSPS) is 11.2. The van der Waals surface area contributed by atoms with Gasteiger partial charge in [-0.1, -0.05) is 15.9 Å². The van der Waals surface area contributed by atoms with Crippen LogP contribution in [0, 0.1) is 0 Å². The van der Waals surface area contributed by atoms with Crippen LogP contribution < -0.4 is 5.73 Å². The number of alkyl halides is 1. The van der Waals surface area contributed by atoms with Crippen molar-refractivity contribution in [3.63, 3.8) is 0 Å². The molecule has 0 unspecified atom stereocenters. The van der Waals surface area contributed by atoms with Gasteiger partial charge in [0.2, 0.25) is 0 Å². The van der Waals surface area contributed by atoms with Gasteiger partial charge in [0, 0.05) is 0 Å². The molecule has 1 amide bonds. The molecule has 0 saturated carbocycles. The van der Waals surface area contributed by atoms with Gasteiger partial charge in [0.1, 0.15) is 12.4 Å². The van der Waals surface area contributed by atoms with Crippen LogP contribution in [-0.2, 0) is 4.74 Å². The highest BCUT2D eigenvalue weighted by molar-refractivity contribution is 9.09. The Balaban J connectivity index is 3.43. The SMILES string of the molecule is NC(=O)OCC=C(F)CBr. The van der Waals surface area contributed by atoms with Gasteiger partial charge in [0.25, 0.3) is 0 Å². The van der Waals surface area contributed by atoms with E-state index in [2.05, 4.69) is 26.4 Å². The Kier molecular flexibility index (Phi) is 4.92. The molecule has 0 aliphatic carbocycles. The molecule has 2 N–H and O–H groups in total. The third-order valence-corrected chi connectivity index (χ3v) is 1.19. The number of rotatable bonds is 3. The third kappa shape index (κ3) is 5.55. The van der Waals surface area contributed by atoms with E-state index in [0.29, 0.717) is 0 Å². The van der Waals surface area contributed by atoms with Crippen LogP contribution in [0.1, 0.15) is 0 Å². The van der Waals surface area contributed by atoms with Crippen LogP contribution >= 0.6 is 15.9 Å². The maximum Gasteiger partial charge on any atom is 0.404 e. The number of carbonyl (C=O) groups excluding carboxylic acids is 1. The fraction of sp³-hybridized carbons (Fsp3) is 0.400. The minimum Gasteiger partial charge on any atom is -0.445 e. The highest BCUT2D eigenvalue weighted by Crippen LogP contribution is 1.99. The number of hydrogen-bond acceptors (Lipinski definition) is 2. The van der Waals surface area contributed by atoms with Gasteiger partial charge < -0.3 is 10.5 Å². The molecule has 0 bridgehead atoms. The first-order chi connectivity index (χ1) is 4.66. The molecule has 0 aliphatic rings. The van der Waals surface area contributed by atoms with Gasteiger partial charge in [0.15, 0.2) is 0 Å². The minimum atomic E-state index is -0.904. The zero-order valence-electron chi connectivity index (χ0n) is 5.14. The number of nitrogens with two attached hydrogens (primary N) is 1. The van der Waals surface area contributed by atoms with Crippen molar-refractivity contribution >= 4 is 22.0 Å². The maximum atomic E-state index is 12.2. The summed E-state index contributed by atoms with van der Waals surface area (Å²) in [5, 5.41) is 0.120. The highest BCUT2D eigenvalue weighted by Gasteiger charge is 1.92. The Hall–Kier alpha value is -0.580. The zero-order valence-corrected chi connectivity index (χ0v) is 6.73. The third-order valence-electron chi connectivity index (χ3n) is 0.658. The van der Waals surface area contributed by atoms with Gasteiger partial charge in [-0.2, -0.15) is 0 Å². The second-order valence-electron chi connectivity index (χ2n) is 1.41. The molecule has 0 saturated heterocycles. The summed E-state index contributed by atoms with van der Waals surface area (Å²) >= 11 is 2.87. The van der Waals surface area contributed by atoms with Crippen molar-refractivity contribution in [2.24, 2.45) is 5.73 Å². The standard InChI is InChI=1S/C5H7BrFNO2/c6-3-4(7)1-2-10-5(8)9/h1H,2-3H2,(H2,8,9). The quantitative estimate of drug-likeness (QED) is 0.717. The molecule has 3 nitrogen and oxygen atoms in total. The fourth-order valence-corrected chi connectivity index (χ4v) is 0.498. The van der Waals surface area contributed by atoms with Gasteiger partial charge >= 0.3 is 6.09 Å². The smallest absolute Gasteiger partial charge is 0.404 e. The van der Waals surface area contributed by atoms with E-state index in [1.54, 1.807) is 0 Å². The van der Waals surface area contributed by atoms with E-state index in [9.17, 15) is 9.18 Å². The Labute approximate surface area is 66.2 Å².